The molecule has 0 atom stereocenters. The third-order valence-electron chi connectivity index (χ3n) is 6.03. The van der Waals surface area contributed by atoms with Crippen LogP contribution < -0.4 is 10.2 Å². The summed E-state index contributed by atoms with van der Waals surface area (Å²) in [5.74, 6) is 1.41. The molecular formula is C25H25N9O. The third kappa shape index (κ3) is 4.31. The van der Waals surface area contributed by atoms with Crippen LogP contribution in [0.5, 0.6) is 0 Å². The summed E-state index contributed by atoms with van der Waals surface area (Å²) in [4.78, 5) is 13.5. The van der Waals surface area contributed by atoms with E-state index in [4.69, 9.17) is 14.7 Å². The van der Waals surface area contributed by atoms with Crippen LogP contribution in [0.15, 0.2) is 60.9 Å². The Balaban J connectivity index is 1.35. The lowest BCUT2D eigenvalue weighted by atomic mass is 10.1. The molecule has 0 saturated carbocycles. The minimum atomic E-state index is 0.666. The maximum Gasteiger partial charge on any atom is 0.228 e. The van der Waals surface area contributed by atoms with Gasteiger partial charge in [-0.3, -0.25) is 4.68 Å². The Labute approximate surface area is 202 Å². The first-order valence-corrected chi connectivity index (χ1v) is 11.5. The van der Waals surface area contributed by atoms with E-state index in [-0.39, 0.29) is 0 Å². The number of benzene rings is 2. The van der Waals surface area contributed by atoms with Gasteiger partial charge in [-0.05, 0) is 37.3 Å². The van der Waals surface area contributed by atoms with Gasteiger partial charge in [0.25, 0.3) is 0 Å². The van der Waals surface area contributed by atoms with Crippen molar-refractivity contribution in [3.8, 4) is 16.9 Å². The van der Waals surface area contributed by atoms with Crippen LogP contribution in [0.2, 0.25) is 0 Å². The normalized spacial score (nSPS) is 13.9. The summed E-state index contributed by atoms with van der Waals surface area (Å²) in [6, 6.07) is 16.2. The third-order valence-corrected chi connectivity index (χ3v) is 6.03. The number of hydrogen-bond acceptors (Lipinski definition) is 8. The highest BCUT2D eigenvalue weighted by molar-refractivity contribution is 5.84. The molecule has 0 unspecified atom stereocenters. The van der Waals surface area contributed by atoms with Crippen LogP contribution in [0, 0.1) is 6.92 Å². The first-order valence-electron chi connectivity index (χ1n) is 11.5. The maximum atomic E-state index is 5.53. The summed E-state index contributed by atoms with van der Waals surface area (Å²) in [6.45, 7) is 4.77. The van der Waals surface area contributed by atoms with E-state index in [9.17, 15) is 0 Å². The molecule has 6 rings (SSSR count). The number of hydrogen-bond donors (Lipinski definition) is 1. The van der Waals surface area contributed by atoms with Crippen LogP contribution in [-0.4, -0.2) is 61.0 Å². The van der Waals surface area contributed by atoms with Crippen molar-refractivity contribution in [1.29, 1.82) is 0 Å². The zero-order chi connectivity index (χ0) is 23.8. The molecule has 1 saturated heterocycles. The van der Waals surface area contributed by atoms with Gasteiger partial charge in [0, 0.05) is 42.8 Å². The van der Waals surface area contributed by atoms with E-state index >= 15 is 0 Å². The van der Waals surface area contributed by atoms with Crippen LogP contribution in [0.3, 0.4) is 0 Å². The Hall–Kier alpha value is -4.31. The Morgan fingerprint density at radius 3 is 2.51 bits per heavy atom. The first-order chi connectivity index (χ1) is 17.1. The average Bonchev–Trinajstić information content (AvgIpc) is 3.50. The molecule has 1 fully saturated rings. The van der Waals surface area contributed by atoms with E-state index in [1.807, 2.05) is 55.2 Å². The zero-order valence-electron chi connectivity index (χ0n) is 19.6. The van der Waals surface area contributed by atoms with E-state index in [0.717, 1.165) is 58.1 Å². The topological polar surface area (TPSA) is 98.8 Å². The number of rotatable bonds is 5. The molecule has 3 aromatic heterocycles. The Morgan fingerprint density at radius 1 is 0.914 bits per heavy atom. The van der Waals surface area contributed by atoms with Gasteiger partial charge < -0.3 is 15.0 Å². The fourth-order valence-corrected chi connectivity index (χ4v) is 4.14. The van der Waals surface area contributed by atoms with Gasteiger partial charge in [-0.2, -0.15) is 25.1 Å². The summed E-state index contributed by atoms with van der Waals surface area (Å²) in [6.07, 6.45) is 3.61. The minimum absolute atomic E-state index is 0.666. The SMILES string of the molecule is Cc1cnn(-c2ccc(Nc3cc(-c4ccc5cnn(C)c5c4)nc(N4CCOCC4)n3)cc2)n1. The van der Waals surface area contributed by atoms with Crippen molar-refractivity contribution in [1.82, 2.24) is 34.7 Å². The van der Waals surface area contributed by atoms with Gasteiger partial charge in [-0.1, -0.05) is 12.1 Å². The number of aryl methyl sites for hydroxylation is 2. The predicted molar refractivity (Wildman–Crippen MR) is 134 cm³/mol. The van der Waals surface area contributed by atoms with Gasteiger partial charge in [-0.25, -0.2) is 4.98 Å². The van der Waals surface area contributed by atoms with Crippen molar-refractivity contribution in [3.63, 3.8) is 0 Å². The van der Waals surface area contributed by atoms with E-state index in [0.29, 0.717) is 19.2 Å². The molecule has 0 amide bonds. The van der Waals surface area contributed by atoms with E-state index < -0.39 is 0 Å². The first kappa shape index (κ1) is 21.2. The van der Waals surface area contributed by atoms with Crippen LogP contribution in [-0.2, 0) is 11.8 Å². The van der Waals surface area contributed by atoms with Crippen molar-refractivity contribution in [2.45, 2.75) is 6.92 Å². The fraction of sp³-hybridized carbons (Fsp3) is 0.240. The highest BCUT2D eigenvalue weighted by atomic mass is 16.5. The molecule has 1 N–H and O–H groups in total. The second kappa shape index (κ2) is 8.80. The number of fused-ring (bicyclic) bond motifs is 1. The highest BCUT2D eigenvalue weighted by Gasteiger charge is 2.17. The molecule has 35 heavy (non-hydrogen) atoms. The summed E-state index contributed by atoms with van der Waals surface area (Å²) < 4.78 is 7.40. The second-order valence-electron chi connectivity index (χ2n) is 8.53. The second-order valence-corrected chi connectivity index (χ2v) is 8.53. The van der Waals surface area contributed by atoms with Gasteiger partial charge in [0.15, 0.2) is 0 Å². The van der Waals surface area contributed by atoms with E-state index in [1.165, 1.54) is 0 Å². The molecule has 0 bridgehead atoms. The molecule has 4 heterocycles. The van der Waals surface area contributed by atoms with E-state index in [2.05, 4.69) is 43.7 Å². The van der Waals surface area contributed by atoms with Crippen LogP contribution in [0.4, 0.5) is 17.5 Å². The van der Waals surface area contributed by atoms with Gasteiger partial charge >= 0.3 is 0 Å². The van der Waals surface area contributed by atoms with Crippen molar-refractivity contribution in [2.75, 3.05) is 36.5 Å². The summed E-state index contributed by atoms with van der Waals surface area (Å²) >= 11 is 0. The van der Waals surface area contributed by atoms with Gasteiger partial charge in [0.1, 0.15) is 5.82 Å². The molecule has 0 aliphatic carbocycles. The van der Waals surface area contributed by atoms with Crippen LogP contribution in [0.1, 0.15) is 5.69 Å². The average molecular weight is 468 g/mol. The smallest absolute Gasteiger partial charge is 0.228 e. The van der Waals surface area contributed by atoms with E-state index in [1.54, 1.807) is 11.0 Å². The largest absolute Gasteiger partial charge is 0.378 e. The molecule has 10 nitrogen and oxygen atoms in total. The van der Waals surface area contributed by atoms with Crippen molar-refractivity contribution in [2.24, 2.45) is 7.05 Å². The van der Waals surface area contributed by atoms with Crippen molar-refractivity contribution >= 4 is 28.4 Å². The minimum Gasteiger partial charge on any atom is -0.378 e. The lowest BCUT2D eigenvalue weighted by Crippen LogP contribution is -2.37. The number of anilines is 3. The number of morpholine rings is 1. The van der Waals surface area contributed by atoms with Gasteiger partial charge in [0.05, 0.1) is 48.2 Å². The summed E-state index contributed by atoms with van der Waals surface area (Å²) in [5.41, 5.74) is 5.60. The van der Waals surface area contributed by atoms with Crippen molar-refractivity contribution < 1.29 is 4.74 Å². The molecule has 0 spiro atoms. The molecular weight excluding hydrogens is 442 g/mol. The highest BCUT2D eigenvalue weighted by Crippen LogP contribution is 2.28. The monoisotopic (exact) mass is 467 g/mol. The quantitative estimate of drug-likeness (QED) is 0.419. The molecule has 10 heteroatoms. The van der Waals surface area contributed by atoms with Crippen LogP contribution >= 0.6 is 0 Å². The number of nitrogens with zero attached hydrogens (tertiary/aromatic N) is 8. The Bertz CT molecular complexity index is 1480. The molecule has 1 aliphatic rings. The van der Waals surface area contributed by atoms with Gasteiger partial charge in [-0.15, -0.1) is 0 Å². The Morgan fingerprint density at radius 2 is 1.74 bits per heavy atom. The standard InChI is InChI=1S/C25H25N9O/c1-17-15-27-34(31-17)21-7-5-20(6-8-21)28-24-14-22(29-25(30-24)33-9-11-35-12-10-33)18-3-4-19-16-26-32(2)23(19)13-18/h3-8,13-16H,9-12H2,1-2H3,(H,28,29,30). The lowest BCUT2D eigenvalue weighted by molar-refractivity contribution is 0.122. The van der Waals surface area contributed by atoms with Crippen LogP contribution in [0.25, 0.3) is 27.8 Å². The van der Waals surface area contributed by atoms with Gasteiger partial charge in [0.2, 0.25) is 5.95 Å². The summed E-state index contributed by atoms with van der Waals surface area (Å²) in [7, 11) is 1.95. The number of nitrogens with one attached hydrogen (secondary N) is 1. The maximum absolute atomic E-state index is 5.53. The summed E-state index contributed by atoms with van der Waals surface area (Å²) in [5, 5.41) is 17.5. The number of ether oxygens (including phenoxy) is 1. The predicted octanol–water partition coefficient (Wildman–Crippen LogP) is 3.50. The molecule has 1 aliphatic heterocycles. The molecule has 2 aromatic carbocycles. The molecule has 0 radical (unpaired) electrons. The zero-order valence-corrected chi connectivity index (χ0v) is 19.6. The molecule has 5 aromatic rings. The molecule has 176 valence electrons. The number of aromatic nitrogens is 7. The fourth-order valence-electron chi connectivity index (χ4n) is 4.14. The van der Waals surface area contributed by atoms with Crippen molar-refractivity contribution in [3.05, 3.63) is 66.6 Å². The Kier molecular flexibility index (Phi) is 5.34. The lowest BCUT2D eigenvalue weighted by Gasteiger charge is -2.27.